The first-order valence-electron chi connectivity index (χ1n) is 6.43. The van der Waals surface area contributed by atoms with Crippen molar-refractivity contribution in [2.45, 2.75) is 60.0 Å². The molecule has 0 aliphatic carbocycles. The monoisotopic (exact) mass is 238 g/mol. The first-order chi connectivity index (χ1) is 7.82. The molecule has 4 heteroatoms. The Balaban J connectivity index is 2.65. The second-order valence-corrected chi connectivity index (χ2v) is 6.09. The first-order valence-corrected chi connectivity index (χ1v) is 6.43. The van der Waals surface area contributed by atoms with E-state index in [1.54, 1.807) is 6.33 Å². The highest BCUT2D eigenvalue weighted by atomic mass is 15.3. The Morgan fingerprint density at radius 2 is 1.94 bits per heavy atom. The van der Waals surface area contributed by atoms with Gasteiger partial charge in [0.2, 0.25) is 0 Å². The zero-order valence-corrected chi connectivity index (χ0v) is 12.0. The van der Waals surface area contributed by atoms with E-state index in [-0.39, 0.29) is 5.41 Å². The van der Waals surface area contributed by atoms with Crippen molar-refractivity contribution in [3.8, 4) is 0 Å². The molecule has 17 heavy (non-hydrogen) atoms. The molecule has 0 aromatic carbocycles. The molecule has 4 nitrogen and oxygen atoms in total. The standard InChI is InChI=1S/C13H26N4/c1-10(2)14-8-13(5,6)7-12-15-9-16-17(12)11(3)4/h9-11,14H,7-8H2,1-6H3. The Morgan fingerprint density at radius 3 is 2.47 bits per heavy atom. The van der Waals surface area contributed by atoms with Gasteiger partial charge >= 0.3 is 0 Å². The molecule has 0 aliphatic rings. The summed E-state index contributed by atoms with van der Waals surface area (Å²) in [5.41, 5.74) is 0.198. The van der Waals surface area contributed by atoms with Gasteiger partial charge in [-0.25, -0.2) is 9.67 Å². The fraction of sp³-hybridized carbons (Fsp3) is 0.846. The van der Waals surface area contributed by atoms with Crippen LogP contribution in [0.5, 0.6) is 0 Å². The predicted molar refractivity (Wildman–Crippen MR) is 71.0 cm³/mol. The number of hydrogen-bond donors (Lipinski definition) is 1. The molecule has 0 saturated heterocycles. The number of nitrogens with one attached hydrogen (secondary N) is 1. The molecule has 1 heterocycles. The zero-order valence-electron chi connectivity index (χ0n) is 12.0. The van der Waals surface area contributed by atoms with Crippen LogP contribution >= 0.6 is 0 Å². The largest absolute Gasteiger partial charge is 0.314 e. The van der Waals surface area contributed by atoms with Crippen LogP contribution in [0.2, 0.25) is 0 Å². The maximum atomic E-state index is 4.37. The Hall–Kier alpha value is -0.900. The molecule has 0 spiro atoms. The van der Waals surface area contributed by atoms with Gasteiger partial charge in [0, 0.05) is 25.0 Å². The van der Waals surface area contributed by atoms with Crippen LogP contribution in [0, 0.1) is 5.41 Å². The van der Waals surface area contributed by atoms with Crippen molar-refractivity contribution in [1.82, 2.24) is 20.1 Å². The van der Waals surface area contributed by atoms with Gasteiger partial charge in [-0.2, -0.15) is 5.10 Å². The normalized spacial score (nSPS) is 12.7. The summed E-state index contributed by atoms with van der Waals surface area (Å²) in [6, 6.07) is 0.901. The van der Waals surface area contributed by atoms with E-state index >= 15 is 0 Å². The topological polar surface area (TPSA) is 42.7 Å². The molecule has 0 atom stereocenters. The fourth-order valence-corrected chi connectivity index (χ4v) is 1.80. The van der Waals surface area contributed by atoms with Gasteiger partial charge in [-0.15, -0.1) is 0 Å². The van der Waals surface area contributed by atoms with E-state index in [2.05, 4.69) is 56.9 Å². The number of nitrogens with zero attached hydrogens (tertiary/aromatic N) is 3. The SMILES string of the molecule is CC(C)NCC(C)(C)Cc1ncnn1C(C)C. The smallest absolute Gasteiger partial charge is 0.138 e. The second kappa shape index (κ2) is 5.63. The average Bonchev–Trinajstić information content (AvgIpc) is 2.62. The quantitative estimate of drug-likeness (QED) is 0.827. The fourth-order valence-electron chi connectivity index (χ4n) is 1.80. The van der Waals surface area contributed by atoms with Crippen molar-refractivity contribution in [2.75, 3.05) is 6.54 Å². The second-order valence-electron chi connectivity index (χ2n) is 6.09. The Kier molecular flexibility index (Phi) is 4.69. The van der Waals surface area contributed by atoms with Gasteiger partial charge in [0.15, 0.2) is 0 Å². The summed E-state index contributed by atoms with van der Waals surface area (Å²) in [4.78, 5) is 4.37. The third-order valence-electron chi connectivity index (χ3n) is 2.76. The van der Waals surface area contributed by atoms with Crippen LogP contribution in [-0.2, 0) is 6.42 Å². The van der Waals surface area contributed by atoms with Crippen molar-refractivity contribution in [1.29, 1.82) is 0 Å². The van der Waals surface area contributed by atoms with Crippen LogP contribution in [0.4, 0.5) is 0 Å². The minimum atomic E-state index is 0.198. The van der Waals surface area contributed by atoms with E-state index in [9.17, 15) is 0 Å². The van der Waals surface area contributed by atoms with E-state index in [4.69, 9.17) is 0 Å². The van der Waals surface area contributed by atoms with Gasteiger partial charge in [0.1, 0.15) is 12.2 Å². The van der Waals surface area contributed by atoms with E-state index in [1.165, 1.54) is 0 Å². The summed E-state index contributed by atoms with van der Waals surface area (Å²) in [5, 5.41) is 7.77. The van der Waals surface area contributed by atoms with E-state index in [0.717, 1.165) is 18.8 Å². The highest BCUT2D eigenvalue weighted by Gasteiger charge is 2.22. The van der Waals surface area contributed by atoms with Gasteiger partial charge in [-0.1, -0.05) is 27.7 Å². The molecular formula is C13H26N4. The maximum absolute atomic E-state index is 4.37. The van der Waals surface area contributed by atoms with Crippen molar-refractivity contribution in [3.05, 3.63) is 12.2 Å². The minimum Gasteiger partial charge on any atom is -0.314 e. The Bertz CT molecular complexity index is 339. The van der Waals surface area contributed by atoms with Crippen LogP contribution in [0.25, 0.3) is 0 Å². The maximum Gasteiger partial charge on any atom is 0.138 e. The molecule has 1 rings (SSSR count). The molecule has 0 amide bonds. The molecule has 0 bridgehead atoms. The lowest BCUT2D eigenvalue weighted by Gasteiger charge is -2.26. The summed E-state index contributed by atoms with van der Waals surface area (Å²) in [5.74, 6) is 1.08. The van der Waals surface area contributed by atoms with E-state index in [1.807, 2.05) is 4.68 Å². The lowest BCUT2D eigenvalue weighted by atomic mass is 9.88. The first kappa shape index (κ1) is 14.2. The lowest BCUT2D eigenvalue weighted by Crippen LogP contribution is -2.35. The van der Waals surface area contributed by atoms with Gasteiger partial charge < -0.3 is 5.32 Å². The third kappa shape index (κ3) is 4.46. The van der Waals surface area contributed by atoms with Crippen LogP contribution in [-0.4, -0.2) is 27.4 Å². The molecule has 0 aliphatic heterocycles. The molecule has 1 aromatic rings. The summed E-state index contributed by atoms with van der Waals surface area (Å²) in [6.07, 6.45) is 2.60. The molecule has 0 saturated carbocycles. The highest BCUT2D eigenvalue weighted by Crippen LogP contribution is 2.21. The Labute approximate surface area is 105 Å². The van der Waals surface area contributed by atoms with Crippen molar-refractivity contribution < 1.29 is 0 Å². The van der Waals surface area contributed by atoms with Crippen LogP contribution in [0.15, 0.2) is 6.33 Å². The van der Waals surface area contributed by atoms with Gasteiger partial charge in [-0.3, -0.25) is 0 Å². The van der Waals surface area contributed by atoms with Crippen molar-refractivity contribution in [3.63, 3.8) is 0 Å². The van der Waals surface area contributed by atoms with Crippen molar-refractivity contribution in [2.24, 2.45) is 5.41 Å². The molecular weight excluding hydrogens is 212 g/mol. The highest BCUT2D eigenvalue weighted by molar-refractivity contribution is 4.93. The van der Waals surface area contributed by atoms with Crippen LogP contribution in [0.1, 0.15) is 53.4 Å². The van der Waals surface area contributed by atoms with Crippen LogP contribution in [0.3, 0.4) is 0 Å². The van der Waals surface area contributed by atoms with Gasteiger partial charge in [-0.05, 0) is 19.3 Å². The average molecular weight is 238 g/mol. The lowest BCUT2D eigenvalue weighted by molar-refractivity contribution is 0.310. The zero-order chi connectivity index (χ0) is 13.1. The Morgan fingerprint density at radius 1 is 1.29 bits per heavy atom. The van der Waals surface area contributed by atoms with Crippen LogP contribution < -0.4 is 5.32 Å². The summed E-state index contributed by atoms with van der Waals surface area (Å²) < 4.78 is 2.01. The molecule has 0 unspecified atom stereocenters. The summed E-state index contributed by atoms with van der Waals surface area (Å²) in [6.45, 7) is 14.1. The number of rotatable bonds is 6. The summed E-state index contributed by atoms with van der Waals surface area (Å²) in [7, 11) is 0. The van der Waals surface area contributed by atoms with Gasteiger partial charge in [0.05, 0.1) is 0 Å². The summed E-state index contributed by atoms with van der Waals surface area (Å²) >= 11 is 0. The minimum absolute atomic E-state index is 0.198. The number of hydrogen-bond acceptors (Lipinski definition) is 3. The van der Waals surface area contributed by atoms with Gasteiger partial charge in [0.25, 0.3) is 0 Å². The van der Waals surface area contributed by atoms with E-state index < -0.39 is 0 Å². The number of aromatic nitrogens is 3. The predicted octanol–water partition coefficient (Wildman–Crippen LogP) is 2.43. The van der Waals surface area contributed by atoms with E-state index in [0.29, 0.717) is 12.1 Å². The molecule has 1 N–H and O–H groups in total. The molecule has 1 aromatic heterocycles. The molecule has 98 valence electrons. The molecule has 0 fully saturated rings. The third-order valence-corrected chi connectivity index (χ3v) is 2.76. The van der Waals surface area contributed by atoms with Crippen molar-refractivity contribution >= 4 is 0 Å². The molecule has 0 radical (unpaired) electrons.